The maximum Gasteiger partial charge on any atom is 1.00 e. The second kappa shape index (κ2) is 15.6. The molecule has 0 saturated carbocycles. The minimum Gasteiger partial charge on any atom is -1.00 e. The molecule has 0 fully saturated rings. The number of pyridine rings is 1. The molecule has 0 saturated heterocycles. The van der Waals surface area contributed by atoms with Crippen molar-refractivity contribution in [1.82, 2.24) is 10.3 Å². The van der Waals surface area contributed by atoms with Gasteiger partial charge < -0.3 is 16.6 Å². The molecule has 8 heteroatoms. The number of carbonyl (C=O) groups is 2. The fourth-order valence-electron chi connectivity index (χ4n) is 3.74. The summed E-state index contributed by atoms with van der Waals surface area (Å²) in [5.41, 5.74) is 4.88. The largest absolute Gasteiger partial charge is 1.00 e. The molecule has 3 rings (SSSR count). The third-order valence-electron chi connectivity index (χ3n) is 5.66. The van der Waals surface area contributed by atoms with Gasteiger partial charge in [-0.25, -0.2) is 4.79 Å². The number of ether oxygens (including phenoxy) is 1. The van der Waals surface area contributed by atoms with Crippen LogP contribution in [0.5, 0.6) is 5.75 Å². The van der Waals surface area contributed by atoms with Gasteiger partial charge in [-0.2, -0.15) is 11.8 Å². The van der Waals surface area contributed by atoms with Crippen molar-refractivity contribution in [2.75, 3.05) is 18.6 Å². The van der Waals surface area contributed by atoms with Crippen molar-refractivity contribution in [2.24, 2.45) is 0 Å². The zero-order valence-electron chi connectivity index (χ0n) is 22.9. The Morgan fingerprint density at radius 3 is 2.65 bits per heavy atom. The number of carboxylic acids is 1. The van der Waals surface area contributed by atoms with Gasteiger partial charge in [-0.15, -0.1) is 0 Å². The van der Waals surface area contributed by atoms with Crippen LogP contribution in [0, 0.1) is 6.92 Å². The van der Waals surface area contributed by atoms with Gasteiger partial charge >= 0.3 is 35.5 Å². The second-order valence-corrected chi connectivity index (χ2v) is 9.35. The second-order valence-electron chi connectivity index (χ2n) is 8.36. The Bertz CT molecular complexity index is 1240. The van der Waals surface area contributed by atoms with Gasteiger partial charge in [-0.1, -0.05) is 43.3 Å². The van der Waals surface area contributed by atoms with Crippen molar-refractivity contribution in [2.45, 2.75) is 32.7 Å². The number of carboxylic acid groups (broad SMARTS) is 1. The van der Waals surface area contributed by atoms with E-state index in [1.54, 1.807) is 30.2 Å². The number of amides is 1. The van der Waals surface area contributed by atoms with E-state index < -0.39 is 17.9 Å². The molecule has 1 amide bonds. The average molecular weight is 529 g/mol. The number of nitrogens with one attached hydrogen (secondary N) is 1. The molecule has 1 aromatic heterocycles. The van der Waals surface area contributed by atoms with Crippen LogP contribution >= 0.6 is 11.8 Å². The van der Waals surface area contributed by atoms with Gasteiger partial charge in [0.05, 0.1) is 6.61 Å². The maximum absolute atomic E-state index is 13.2. The van der Waals surface area contributed by atoms with Crippen molar-refractivity contribution < 1.29 is 50.4 Å². The molecule has 0 unspecified atom stereocenters. The van der Waals surface area contributed by atoms with Gasteiger partial charge in [-0.3, -0.25) is 9.78 Å². The van der Waals surface area contributed by atoms with Crippen molar-refractivity contribution in [1.29, 1.82) is 0 Å². The monoisotopic (exact) mass is 528 g/mol. The molecule has 0 spiro atoms. The predicted molar refractivity (Wildman–Crippen MR) is 149 cm³/mol. The van der Waals surface area contributed by atoms with Gasteiger partial charge in [-0.05, 0) is 78.3 Å². The zero-order chi connectivity index (χ0) is 25.9. The van der Waals surface area contributed by atoms with Gasteiger partial charge in [0.15, 0.2) is 0 Å². The number of rotatable bonds is 12. The molecular weight excluding hydrogens is 495 g/mol. The molecule has 190 valence electrons. The molecule has 0 aliphatic carbocycles. The summed E-state index contributed by atoms with van der Waals surface area (Å²) in [5, 5.41) is 12.3. The van der Waals surface area contributed by atoms with E-state index in [2.05, 4.69) is 17.2 Å². The van der Waals surface area contributed by atoms with E-state index in [0.717, 1.165) is 40.0 Å². The molecule has 0 aliphatic rings. The zero-order valence-corrected chi connectivity index (χ0v) is 24.7. The summed E-state index contributed by atoms with van der Waals surface area (Å²) in [6.07, 6.45) is 10.5. The van der Waals surface area contributed by atoms with Gasteiger partial charge in [0, 0.05) is 23.5 Å². The molecule has 2 N–H and O–H groups in total. The van der Waals surface area contributed by atoms with Gasteiger partial charge in [0.1, 0.15) is 11.8 Å². The number of aliphatic carboxylic acids is 1. The van der Waals surface area contributed by atoms with Gasteiger partial charge in [0.25, 0.3) is 5.91 Å². The molecule has 0 aliphatic heterocycles. The first kappa shape index (κ1) is 30.6. The van der Waals surface area contributed by atoms with Crippen molar-refractivity contribution >= 4 is 35.8 Å². The third-order valence-corrected chi connectivity index (χ3v) is 6.31. The van der Waals surface area contributed by atoms with Crippen LogP contribution < -0.4 is 39.6 Å². The van der Waals surface area contributed by atoms with Crippen molar-refractivity contribution in [3.05, 3.63) is 83.2 Å². The van der Waals surface area contributed by atoms with E-state index in [9.17, 15) is 14.7 Å². The summed E-state index contributed by atoms with van der Waals surface area (Å²) in [6, 6.07) is 14.3. The van der Waals surface area contributed by atoms with Crippen LogP contribution in [0.1, 0.15) is 48.2 Å². The van der Waals surface area contributed by atoms with E-state index in [-0.39, 0.29) is 31.0 Å². The quantitative estimate of drug-likeness (QED) is 0.352. The first-order valence-corrected chi connectivity index (χ1v) is 13.3. The Hall–Kier alpha value is -2.58. The first-order chi connectivity index (χ1) is 17.4. The number of benzene rings is 2. The number of carbonyl (C=O) groups excluding carboxylic acids is 1. The normalized spacial score (nSPS) is 11.5. The van der Waals surface area contributed by atoms with Crippen molar-refractivity contribution in [3.8, 4) is 16.9 Å². The summed E-state index contributed by atoms with van der Waals surface area (Å²) < 4.78 is 5.82. The maximum atomic E-state index is 13.2. The Balaban J connectivity index is 0.00000361. The average Bonchev–Trinajstić information content (AvgIpc) is 2.89. The summed E-state index contributed by atoms with van der Waals surface area (Å²) in [4.78, 5) is 29.1. The van der Waals surface area contributed by atoms with Crippen molar-refractivity contribution in [3.63, 3.8) is 0 Å². The first-order valence-electron chi connectivity index (χ1n) is 11.9. The molecule has 6 nitrogen and oxygen atoms in total. The molecule has 3 aromatic rings. The van der Waals surface area contributed by atoms with Crippen LogP contribution in [-0.4, -0.2) is 46.6 Å². The van der Waals surface area contributed by atoms with E-state index in [0.29, 0.717) is 24.3 Å². The standard InChI is InChI=1S/C29H32N2O4S.Na.H/c1-4-16-35-27-13-15-30-19-22(27)11-9-21-10-12-24(25(18-21)23-8-6-5-7-20(23)2)28(32)31-26(29(33)34)14-17-36-3;;/h5-13,15,18-19,26H,4,14,16-17H2,1-3H3,(H,31,32)(H,33,34);;/q;+1;-1/t26-;;/m0../s1. The summed E-state index contributed by atoms with van der Waals surface area (Å²) in [7, 11) is 0. The summed E-state index contributed by atoms with van der Waals surface area (Å²) in [6.45, 7) is 4.67. The van der Waals surface area contributed by atoms with Crippen LogP contribution in [0.25, 0.3) is 23.3 Å². The van der Waals surface area contributed by atoms with Crippen LogP contribution in [0.3, 0.4) is 0 Å². The van der Waals surface area contributed by atoms with Crippen LogP contribution in [0.2, 0.25) is 0 Å². The number of nitrogens with zero attached hydrogens (tertiary/aromatic N) is 1. The Morgan fingerprint density at radius 1 is 1.16 bits per heavy atom. The molecule has 0 bridgehead atoms. The van der Waals surface area contributed by atoms with E-state index in [1.165, 1.54) is 0 Å². The van der Waals surface area contributed by atoms with E-state index in [1.807, 2.05) is 67.8 Å². The van der Waals surface area contributed by atoms with Crippen LogP contribution in [0.15, 0.2) is 60.9 Å². The topological polar surface area (TPSA) is 88.5 Å². The molecular formula is C29H33N2NaO4S. The summed E-state index contributed by atoms with van der Waals surface area (Å²) >= 11 is 1.55. The number of thioether (sulfide) groups is 1. The minimum atomic E-state index is -1.04. The Kier molecular flexibility index (Phi) is 12.9. The Morgan fingerprint density at radius 2 is 1.95 bits per heavy atom. The minimum absolute atomic E-state index is 0. The number of aromatic nitrogens is 1. The number of hydrogen-bond acceptors (Lipinski definition) is 5. The molecule has 1 heterocycles. The van der Waals surface area contributed by atoms with E-state index >= 15 is 0 Å². The van der Waals surface area contributed by atoms with Crippen LogP contribution in [-0.2, 0) is 4.79 Å². The molecule has 37 heavy (non-hydrogen) atoms. The number of hydrogen-bond donors (Lipinski definition) is 2. The fraction of sp³-hybridized carbons (Fsp3) is 0.276. The molecule has 2 aromatic carbocycles. The molecule has 0 radical (unpaired) electrons. The molecule has 1 atom stereocenters. The van der Waals surface area contributed by atoms with Crippen LogP contribution in [0.4, 0.5) is 0 Å². The summed E-state index contributed by atoms with van der Waals surface area (Å²) in [5.74, 6) is -0.0286. The Labute approximate surface area is 246 Å². The number of aryl methyl sites for hydroxylation is 1. The fourth-order valence-corrected chi connectivity index (χ4v) is 4.21. The smallest absolute Gasteiger partial charge is 1.00 e. The van der Waals surface area contributed by atoms with Gasteiger partial charge in [0.2, 0.25) is 0 Å². The SMILES string of the molecule is CCCOc1ccncc1C=Cc1ccc(C(=O)N[C@@H](CCSC)C(=O)O)c(-c2ccccc2C)c1.[H-].[Na+]. The van der Waals surface area contributed by atoms with E-state index in [4.69, 9.17) is 4.74 Å². The predicted octanol–water partition coefficient (Wildman–Crippen LogP) is 3.07. The third kappa shape index (κ3) is 8.75.